The van der Waals surface area contributed by atoms with Crippen molar-refractivity contribution in [1.29, 1.82) is 0 Å². The van der Waals surface area contributed by atoms with Crippen molar-refractivity contribution < 1.29 is 19.4 Å². The molecule has 2 saturated heterocycles. The van der Waals surface area contributed by atoms with Gasteiger partial charge in [0.25, 0.3) is 12.4 Å². The van der Waals surface area contributed by atoms with Crippen LogP contribution in [0.4, 0.5) is 0 Å². The summed E-state index contributed by atoms with van der Waals surface area (Å²) in [7, 11) is 6.29. The van der Waals surface area contributed by atoms with Crippen LogP contribution in [0.25, 0.3) is 10.9 Å². The molecule has 4 rings (SSSR count). The van der Waals surface area contributed by atoms with Gasteiger partial charge in [-0.05, 0) is 51.9 Å². The lowest BCUT2D eigenvalue weighted by Crippen LogP contribution is -2.53. The molecule has 1 aromatic heterocycles. The van der Waals surface area contributed by atoms with Gasteiger partial charge in [0.15, 0.2) is 0 Å². The zero-order valence-corrected chi connectivity index (χ0v) is 17.5. The first-order valence-electron chi connectivity index (χ1n) is 10.1. The van der Waals surface area contributed by atoms with Crippen LogP contribution in [0.5, 0.6) is 0 Å². The summed E-state index contributed by atoms with van der Waals surface area (Å²) in [5, 5.41) is 8.01. The molecule has 0 bridgehead atoms. The van der Waals surface area contributed by atoms with Gasteiger partial charge in [0.2, 0.25) is 0 Å². The molecule has 7 nitrogen and oxygen atoms in total. The Morgan fingerprint density at radius 1 is 1.28 bits per heavy atom. The molecule has 29 heavy (non-hydrogen) atoms. The summed E-state index contributed by atoms with van der Waals surface area (Å²) in [6.45, 7) is 2.14. The van der Waals surface area contributed by atoms with Gasteiger partial charge in [-0.2, -0.15) is 0 Å². The minimum Gasteiger partial charge on any atom is -0.483 e. The Bertz CT molecular complexity index is 853. The van der Waals surface area contributed by atoms with Crippen molar-refractivity contribution in [3.63, 3.8) is 0 Å². The van der Waals surface area contributed by atoms with Crippen LogP contribution in [0.1, 0.15) is 36.2 Å². The topological polar surface area (TPSA) is 75.0 Å². The lowest BCUT2D eigenvalue weighted by atomic mass is 9.82. The maximum absolute atomic E-state index is 13.1. The Hall–Kier alpha value is -2.38. The van der Waals surface area contributed by atoms with E-state index in [1.807, 2.05) is 34.7 Å². The lowest BCUT2D eigenvalue weighted by Gasteiger charge is -2.47. The Labute approximate surface area is 171 Å². The first-order chi connectivity index (χ1) is 13.9. The number of amides is 1. The van der Waals surface area contributed by atoms with Crippen LogP contribution in [0, 0.1) is 0 Å². The Balaban J connectivity index is 0.000000755. The number of ether oxygens (including phenoxy) is 1. The van der Waals surface area contributed by atoms with Gasteiger partial charge in [-0.25, -0.2) is 0 Å². The maximum Gasteiger partial charge on any atom is 0.290 e. The number of aromatic nitrogens is 1. The average Bonchev–Trinajstić information content (AvgIpc) is 3.06. The summed E-state index contributed by atoms with van der Waals surface area (Å²) < 4.78 is 8.24. The van der Waals surface area contributed by atoms with Gasteiger partial charge in [0.05, 0.1) is 5.60 Å². The van der Waals surface area contributed by atoms with Crippen LogP contribution in [0.2, 0.25) is 0 Å². The minimum atomic E-state index is -0.250. The minimum absolute atomic E-state index is 0.0388. The fourth-order valence-corrected chi connectivity index (χ4v) is 4.56. The number of hydrogen-bond donors (Lipinski definition) is 1. The van der Waals surface area contributed by atoms with Crippen molar-refractivity contribution in [3.8, 4) is 0 Å². The molecule has 1 aromatic carbocycles. The highest BCUT2D eigenvalue weighted by molar-refractivity contribution is 5.98. The van der Waals surface area contributed by atoms with E-state index in [4.69, 9.17) is 14.6 Å². The molecule has 2 aliphatic heterocycles. The third-order valence-electron chi connectivity index (χ3n) is 6.33. The summed E-state index contributed by atoms with van der Waals surface area (Å²) in [6.07, 6.45) is 4.06. The molecule has 1 atom stereocenters. The Morgan fingerprint density at radius 3 is 2.55 bits per heavy atom. The summed E-state index contributed by atoms with van der Waals surface area (Å²) >= 11 is 0. The SMILES string of the molecule is CN(C)C1CCOC2(CCN(C(=O)c3cc4ccccc4n3C)CC2)C1.O=CO. The summed E-state index contributed by atoms with van der Waals surface area (Å²) in [4.78, 5) is 25.8. The summed E-state index contributed by atoms with van der Waals surface area (Å²) in [6, 6.07) is 10.8. The number of carboxylic acid groups (broad SMARTS) is 1. The third-order valence-corrected chi connectivity index (χ3v) is 6.33. The number of piperidine rings is 1. The van der Waals surface area contributed by atoms with Crippen molar-refractivity contribution in [2.45, 2.75) is 37.3 Å². The lowest BCUT2D eigenvalue weighted by molar-refractivity contribution is -0.126. The smallest absolute Gasteiger partial charge is 0.290 e. The zero-order chi connectivity index (χ0) is 21.0. The molecule has 1 amide bonds. The fraction of sp³-hybridized carbons (Fsp3) is 0.545. The van der Waals surface area contributed by atoms with E-state index in [2.05, 4.69) is 31.1 Å². The number of benzene rings is 1. The van der Waals surface area contributed by atoms with E-state index in [9.17, 15) is 4.79 Å². The first-order valence-corrected chi connectivity index (χ1v) is 10.1. The van der Waals surface area contributed by atoms with Crippen LogP contribution in [0.15, 0.2) is 30.3 Å². The zero-order valence-electron chi connectivity index (χ0n) is 17.5. The van der Waals surface area contributed by atoms with Crippen LogP contribution in [0.3, 0.4) is 0 Å². The second-order valence-electron chi connectivity index (χ2n) is 8.19. The number of carbonyl (C=O) groups excluding carboxylic acids is 1. The molecule has 158 valence electrons. The number of nitrogens with zero attached hydrogens (tertiary/aromatic N) is 3. The Kier molecular flexibility index (Phi) is 6.59. The second-order valence-corrected chi connectivity index (χ2v) is 8.19. The number of para-hydroxylation sites is 1. The second kappa shape index (κ2) is 8.97. The van der Waals surface area contributed by atoms with Gasteiger partial charge in [-0.15, -0.1) is 0 Å². The molecule has 3 heterocycles. The van der Waals surface area contributed by atoms with Crippen molar-refractivity contribution in [1.82, 2.24) is 14.4 Å². The monoisotopic (exact) mass is 401 g/mol. The molecular weight excluding hydrogens is 370 g/mol. The predicted octanol–water partition coefficient (Wildman–Crippen LogP) is 2.59. The standard InChI is InChI=1S/C21H29N3O2.CH2O2/c1-22(2)17-8-13-26-21(15-17)9-11-24(12-10-21)20(25)19-14-16-6-4-5-7-18(16)23(19)3;2-1-3/h4-7,14,17H,8-13,15H2,1-3H3;1H,(H,2,3). The number of fused-ring (bicyclic) bond motifs is 1. The highest BCUT2D eigenvalue weighted by Crippen LogP contribution is 2.36. The van der Waals surface area contributed by atoms with Crippen LogP contribution < -0.4 is 0 Å². The van der Waals surface area contributed by atoms with Crippen molar-refractivity contribution in [2.75, 3.05) is 33.8 Å². The molecule has 2 aliphatic rings. The van der Waals surface area contributed by atoms with Gasteiger partial charge < -0.3 is 24.2 Å². The Morgan fingerprint density at radius 2 is 1.93 bits per heavy atom. The highest BCUT2D eigenvalue weighted by Gasteiger charge is 2.41. The summed E-state index contributed by atoms with van der Waals surface area (Å²) in [5.41, 5.74) is 1.84. The number of hydrogen-bond acceptors (Lipinski definition) is 4. The normalized spacial score (nSPS) is 21.1. The molecular formula is C22H31N3O4. The molecule has 0 saturated carbocycles. The van der Waals surface area contributed by atoms with Gasteiger partial charge in [-0.1, -0.05) is 18.2 Å². The van der Waals surface area contributed by atoms with E-state index in [-0.39, 0.29) is 18.0 Å². The number of aryl methyl sites for hydroxylation is 1. The molecule has 2 fully saturated rings. The van der Waals surface area contributed by atoms with E-state index in [0.717, 1.165) is 62.0 Å². The number of likely N-dealkylation sites (tertiary alicyclic amines) is 1. The van der Waals surface area contributed by atoms with Gasteiger partial charge in [0.1, 0.15) is 5.69 Å². The van der Waals surface area contributed by atoms with Crippen LogP contribution in [-0.2, 0) is 16.6 Å². The molecule has 0 radical (unpaired) electrons. The van der Waals surface area contributed by atoms with E-state index in [0.29, 0.717) is 6.04 Å². The van der Waals surface area contributed by atoms with E-state index >= 15 is 0 Å². The molecule has 1 N–H and O–H groups in total. The van der Waals surface area contributed by atoms with Crippen LogP contribution in [-0.4, -0.2) is 77.3 Å². The summed E-state index contributed by atoms with van der Waals surface area (Å²) in [5.74, 6) is 0.138. The van der Waals surface area contributed by atoms with Gasteiger partial charge >= 0.3 is 0 Å². The fourth-order valence-electron chi connectivity index (χ4n) is 4.56. The third kappa shape index (κ3) is 4.46. The largest absolute Gasteiger partial charge is 0.483 e. The maximum atomic E-state index is 13.1. The number of rotatable bonds is 2. The van der Waals surface area contributed by atoms with Gasteiger partial charge in [0, 0.05) is 43.7 Å². The quantitative estimate of drug-likeness (QED) is 0.783. The van der Waals surface area contributed by atoms with E-state index in [1.54, 1.807) is 0 Å². The molecule has 1 spiro atoms. The van der Waals surface area contributed by atoms with Gasteiger partial charge in [-0.3, -0.25) is 9.59 Å². The average molecular weight is 402 g/mol. The first kappa shape index (κ1) is 21.3. The van der Waals surface area contributed by atoms with Crippen LogP contribution >= 0.6 is 0 Å². The molecule has 2 aromatic rings. The number of carbonyl (C=O) groups is 2. The highest BCUT2D eigenvalue weighted by atomic mass is 16.5. The molecule has 0 aliphatic carbocycles. The van der Waals surface area contributed by atoms with E-state index in [1.165, 1.54) is 0 Å². The molecule has 1 unspecified atom stereocenters. The van der Waals surface area contributed by atoms with E-state index < -0.39 is 0 Å². The van der Waals surface area contributed by atoms with Crippen molar-refractivity contribution >= 4 is 23.3 Å². The predicted molar refractivity (Wildman–Crippen MR) is 112 cm³/mol. The molecule has 7 heteroatoms. The van der Waals surface area contributed by atoms with Crippen molar-refractivity contribution in [2.24, 2.45) is 7.05 Å². The van der Waals surface area contributed by atoms with Crippen molar-refractivity contribution in [3.05, 3.63) is 36.0 Å².